The summed E-state index contributed by atoms with van der Waals surface area (Å²) in [5.41, 5.74) is 3.78. The zero-order valence-electron chi connectivity index (χ0n) is 12.9. The molecule has 3 atom stereocenters. The highest BCUT2D eigenvalue weighted by molar-refractivity contribution is 7.84. The Hall–Kier alpha value is -1.45. The van der Waals surface area contributed by atoms with E-state index >= 15 is 0 Å². The molecular formula is C18H23NOS. The minimum Gasteiger partial charge on any atom is -0.305 e. The molecule has 0 aliphatic heterocycles. The summed E-state index contributed by atoms with van der Waals surface area (Å²) >= 11 is 0. The molecule has 0 spiro atoms. The number of aryl methyl sites for hydroxylation is 1. The molecule has 0 amide bonds. The molecule has 2 nitrogen and oxygen atoms in total. The molecule has 2 rings (SSSR count). The maximum absolute atomic E-state index is 11.6. The van der Waals surface area contributed by atoms with Crippen molar-refractivity contribution in [2.75, 3.05) is 12.8 Å². The SMILES string of the molecule is Cc1ccccc1C(NCC(C)S(C)=O)c1ccccc1. The normalized spacial score (nSPS) is 15.4. The van der Waals surface area contributed by atoms with Gasteiger partial charge in [0.15, 0.2) is 0 Å². The van der Waals surface area contributed by atoms with Crippen molar-refractivity contribution in [3.05, 3.63) is 71.3 Å². The van der Waals surface area contributed by atoms with Crippen molar-refractivity contribution in [1.29, 1.82) is 0 Å². The molecule has 112 valence electrons. The van der Waals surface area contributed by atoms with Crippen LogP contribution in [0.1, 0.15) is 29.7 Å². The minimum atomic E-state index is -0.807. The number of rotatable bonds is 6. The predicted molar refractivity (Wildman–Crippen MR) is 91.0 cm³/mol. The molecule has 1 N–H and O–H groups in total. The quantitative estimate of drug-likeness (QED) is 0.885. The van der Waals surface area contributed by atoms with Crippen molar-refractivity contribution >= 4 is 10.8 Å². The van der Waals surface area contributed by atoms with E-state index in [4.69, 9.17) is 0 Å². The van der Waals surface area contributed by atoms with Crippen LogP contribution in [0.5, 0.6) is 0 Å². The molecule has 0 bridgehead atoms. The highest BCUT2D eigenvalue weighted by atomic mass is 32.2. The molecule has 2 aromatic carbocycles. The van der Waals surface area contributed by atoms with Gasteiger partial charge in [0.05, 0.1) is 6.04 Å². The molecule has 21 heavy (non-hydrogen) atoms. The molecule has 0 heterocycles. The van der Waals surface area contributed by atoms with Crippen LogP contribution in [-0.4, -0.2) is 22.3 Å². The summed E-state index contributed by atoms with van der Waals surface area (Å²) in [6, 6.07) is 19.0. The van der Waals surface area contributed by atoms with E-state index in [1.807, 2.05) is 13.0 Å². The van der Waals surface area contributed by atoms with Gasteiger partial charge >= 0.3 is 0 Å². The van der Waals surface area contributed by atoms with Crippen molar-refractivity contribution < 1.29 is 4.21 Å². The summed E-state index contributed by atoms with van der Waals surface area (Å²) in [6.45, 7) is 4.88. The standard InChI is InChI=1S/C18H23NOS/c1-14-9-7-8-12-17(14)18(16-10-5-4-6-11-16)19-13-15(2)21(3)20/h4-12,15,18-19H,13H2,1-3H3. The van der Waals surface area contributed by atoms with Crippen LogP contribution in [-0.2, 0) is 10.8 Å². The Bertz CT molecular complexity index is 597. The number of nitrogens with one attached hydrogen (secondary N) is 1. The lowest BCUT2D eigenvalue weighted by molar-refractivity contribution is 0.592. The molecule has 0 radical (unpaired) electrons. The van der Waals surface area contributed by atoms with Gasteiger partial charge in [0.25, 0.3) is 0 Å². The van der Waals surface area contributed by atoms with Crippen molar-refractivity contribution in [2.45, 2.75) is 25.1 Å². The third-order valence-electron chi connectivity index (χ3n) is 3.81. The van der Waals surface area contributed by atoms with Gasteiger partial charge < -0.3 is 5.32 Å². The predicted octanol–water partition coefficient (Wildman–Crippen LogP) is 3.44. The van der Waals surface area contributed by atoms with Gasteiger partial charge in [-0.15, -0.1) is 0 Å². The summed E-state index contributed by atoms with van der Waals surface area (Å²) in [5, 5.41) is 3.72. The molecule has 2 aromatic rings. The van der Waals surface area contributed by atoms with Crippen LogP contribution in [0.3, 0.4) is 0 Å². The van der Waals surface area contributed by atoms with Crippen molar-refractivity contribution in [2.24, 2.45) is 0 Å². The van der Waals surface area contributed by atoms with E-state index in [1.165, 1.54) is 16.7 Å². The third-order valence-corrected chi connectivity index (χ3v) is 5.11. The van der Waals surface area contributed by atoms with E-state index in [1.54, 1.807) is 6.26 Å². The van der Waals surface area contributed by atoms with Crippen LogP contribution < -0.4 is 5.32 Å². The van der Waals surface area contributed by atoms with Crippen molar-refractivity contribution in [1.82, 2.24) is 5.32 Å². The van der Waals surface area contributed by atoms with Gasteiger partial charge in [-0.3, -0.25) is 4.21 Å². The molecule has 0 fully saturated rings. The fourth-order valence-corrected chi connectivity index (χ4v) is 2.70. The van der Waals surface area contributed by atoms with Crippen molar-refractivity contribution in [3.8, 4) is 0 Å². The molecular weight excluding hydrogens is 278 g/mol. The summed E-state index contributed by atoms with van der Waals surface area (Å²) in [7, 11) is -0.807. The number of benzene rings is 2. The Morgan fingerprint density at radius 2 is 1.67 bits per heavy atom. The first-order valence-electron chi connectivity index (χ1n) is 7.25. The van der Waals surface area contributed by atoms with E-state index in [0.29, 0.717) is 0 Å². The van der Waals surface area contributed by atoms with Gasteiger partial charge in [-0.05, 0) is 30.5 Å². The van der Waals surface area contributed by atoms with Gasteiger partial charge in [-0.1, -0.05) is 54.6 Å². The second-order valence-corrected chi connectivity index (χ2v) is 7.22. The van der Waals surface area contributed by atoms with Crippen LogP contribution in [0.4, 0.5) is 0 Å². The maximum Gasteiger partial charge on any atom is 0.0579 e. The van der Waals surface area contributed by atoms with Gasteiger partial charge in [-0.25, -0.2) is 0 Å². The van der Waals surface area contributed by atoms with E-state index in [-0.39, 0.29) is 11.3 Å². The molecule has 0 aliphatic carbocycles. The topological polar surface area (TPSA) is 29.1 Å². The lowest BCUT2D eigenvalue weighted by Crippen LogP contribution is -2.31. The second kappa shape index (κ2) is 7.53. The first kappa shape index (κ1) is 15.9. The smallest absolute Gasteiger partial charge is 0.0579 e. The van der Waals surface area contributed by atoms with Gasteiger partial charge in [0.1, 0.15) is 0 Å². The second-order valence-electron chi connectivity index (χ2n) is 5.42. The monoisotopic (exact) mass is 301 g/mol. The molecule has 3 heteroatoms. The summed E-state index contributed by atoms with van der Waals surface area (Å²) in [6.07, 6.45) is 1.76. The van der Waals surface area contributed by atoms with E-state index in [9.17, 15) is 4.21 Å². The molecule has 3 unspecified atom stereocenters. The summed E-state index contributed by atoms with van der Waals surface area (Å²) in [5.74, 6) is 0. The van der Waals surface area contributed by atoms with E-state index in [2.05, 4.69) is 60.8 Å². The van der Waals surface area contributed by atoms with E-state index in [0.717, 1.165) is 6.54 Å². The molecule has 0 saturated carbocycles. The highest BCUT2D eigenvalue weighted by Gasteiger charge is 2.17. The zero-order valence-corrected chi connectivity index (χ0v) is 13.7. The average Bonchev–Trinajstić information content (AvgIpc) is 2.50. The number of hydrogen-bond donors (Lipinski definition) is 1. The molecule has 0 saturated heterocycles. The highest BCUT2D eigenvalue weighted by Crippen LogP contribution is 2.24. The lowest BCUT2D eigenvalue weighted by Gasteiger charge is -2.23. The van der Waals surface area contributed by atoms with Crippen molar-refractivity contribution in [3.63, 3.8) is 0 Å². The Morgan fingerprint density at radius 3 is 2.29 bits per heavy atom. The molecule has 0 aliphatic rings. The van der Waals surface area contributed by atoms with Gasteiger partial charge in [-0.2, -0.15) is 0 Å². The Morgan fingerprint density at radius 1 is 1.05 bits per heavy atom. The zero-order chi connectivity index (χ0) is 15.2. The largest absolute Gasteiger partial charge is 0.305 e. The van der Waals surface area contributed by atoms with E-state index < -0.39 is 10.8 Å². The number of hydrogen-bond acceptors (Lipinski definition) is 2. The Kier molecular flexibility index (Phi) is 5.71. The first-order chi connectivity index (χ1) is 10.1. The molecule has 0 aromatic heterocycles. The Labute approximate surface area is 130 Å². The maximum atomic E-state index is 11.6. The summed E-state index contributed by atoms with van der Waals surface area (Å²) in [4.78, 5) is 0. The van der Waals surface area contributed by atoms with Crippen LogP contribution in [0, 0.1) is 6.92 Å². The Balaban J connectivity index is 2.28. The van der Waals surface area contributed by atoms with Crippen LogP contribution in [0.2, 0.25) is 0 Å². The lowest BCUT2D eigenvalue weighted by atomic mass is 9.95. The third kappa shape index (κ3) is 4.26. The fraction of sp³-hybridized carbons (Fsp3) is 0.333. The van der Waals surface area contributed by atoms with Gasteiger partial charge in [0, 0.05) is 28.9 Å². The van der Waals surface area contributed by atoms with Crippen LogP contribution >= 0.6 is 0 Å². The first-order valence-corrected chi connectivity index (χ1v) is 8.88. The summed E-state index contributed by atoms with van der Waals surface area (Å²) < 4.78 is 11.6. The van der Waals surface area contributed by atoms with Crippen LogP contribution in [0.25, 0.3) is 0 Å². The fourth-order valence-electron chi connectivity index (χ4n) is 2.36. The minimum absolute atomic E-state index is 0.137. The average molecular weight is 301 g/mol. The van der Waals surface area contributed by atoms with Gasteiger partial charge in [0.2, 0.25) is 0 Å². The van der Waals surface area contributed by atoms with Crippen LogP contribution in [0.15, 0.2) is 54.6 Å².